The highest BCUT2D eigenvalue weighted by Gasteiger charge is 2.70. The van der Waals surface area contributed by atoms with Crippen molar-refractivity contribution in [2.45, 2.75) is 288 Å². The lowest BCUT2D eigenvalue weighted by Gasteiger charge is -2.56. The number of fused-ring (bicyclic) bond motifs is 9. The fourth-order valence-electron chi connectivity index (χ4n) is 22.7. The number of hydrogen-bond donors (Lipinski definition) is 6. The maximum absolute atomic E-state index is 14.8. The van der Waals surface area contributed by atoms with Gasteiger partial charge in [-0.05, 0) is 238 Å². The van der Waals surface area contributed by atoms with Gasteiger partial charge < -0.3 is 60.3 Å². The normalized spacial score (nSPS) is 39.5. The second kappa shape index (κ2) is 23.0. The number of ether oxygens (including phenoxy) is 6. The van der Waals surface area contributed by atoms with E-state index in [4.69, 9.17) is 28.4 Å². The van der Waals surface area contributed by atoms with Crippen LogP contribution in [0.4, 0.5) is 14.4 Å². The number of nitrogens with one attached hydrogen (secondary N) is 6. The summed E-state index contributed by atoms with van der Waals surface area (Å²) in [7, 11) is 0. The van der Waals surface area contributed by atoms with E-state index < -0.39 is 34.0 Å². The zero-order chi connectivity index (χ0) is 64.1. The molecular formula is C78H108N6O9. The summed E-state index contributed by atoms with van der Waals surface area (Å²) in [5.74, 6) is 5.29. The second-order valence-corrected chi connectivity index (χ2v) is 33.9. The molecule has 4 aromatic carbocycles. The molecule has 6 amide bonds. The lowest BCUT2D eigenvalue weighted by molar-refractivity contribution is -0.222. The van der Waals surface area contributed by atoms with Crippen LogP contribution in [0.1, 0.15) is 236 Å². The molecule has 0 aromatic heterocycles. The van der Waals surface area contributed by atoms with E-state index in [1.54, 1.807) is 0 Å². The Labute approximate surface area is 552 Å². The van der Waals surface area contributed by atoms with Gasteiger partial charge >= 0.3 is 18.1 Å². The Morgan fingerprint density at radius 3 is 0.763 bits per heavy atom. The zero-order valence-corrected chi connectivity index (χ0v) is 57.4. The van der Waals surface area contributed by atoms with Crippen LogP contribution in [0.15, 0.2) is 36.4 Å². The van der Waals surface area contributed by atoms with E-state index in [2.05, 4.69) is 131 Å². The molecule has 3 aliphatic heterocycles. The molecule has 3 heterocycles. The number of carbonyl (C=O) groups excluding carboxylic acids is 3. The van der Waals surface area contributed by atoms with Gasteiger partial charge in [0.15, 0.2) is 34.5 Å². The third-order valence-corrected chi connectivity index (χ3v) is 27.3. The van der Waals surface area contributed by atoms with E-state index in [-0.39, 0.29) is 54.0 Å². The highest BCUT2D eigenvalue weighted by Crippen LogP contribution is 2.64. The molecule has 15 heteroatoms. The summed E-state index contributed by atoms with van der Waals surface area (Å²) in [5, 5.41) is 27.5. The Hall–Kier alpha value is -5.73. The summed E-state index contributed by atoms with van der Waals surface area (Å²) in [5.41, 5.74) is -2.26. The van der Waals surface area contributed by atoms with E-state index in [0.717, 1.165) is 186 Å². The van der Waals surface area contributed by atoms with E-state index in [1.807, 2.05) is 0 Å². The average molecular weight is 1270 g/mol. The van der Waals surface area contributed by atoms with Crippen molar-refractivity contribution >= 4 is 50.4 Å². The second-order valence-electron chi connectivity index (χ2n) is 33.9. The fraction of sp³-hybridized carbons (Fsp3) is 0.731. The summed E-state index contributed by atoms with van der Waals surface area (Å²) in [4.78, 5) is 44.3. The molecule has 16 rings (SSSR count). The van der Waals surface area contributed by atoms with E-state index in [9.17, 15) is 14.4 Å². The van der Waals surface area contributed by atoms with Crippen LogP contribution >= 0.6 is 0 Å². The molecule has 0 saturated heterocycles. The molecule has 93 heavy (non-hydrogen) atoms. The van der Waals surface area contributed by atoms with Crippen molar-refractivity contribution < 1.29 is 42.8 Å². The molecule has 4 aromatic rings. The van der Waals surface area contributed by atoms with Gasteiger partial charge in [-0.1, -0.05) is 120 Å². The Bertz CT molecular complexity index is 3070. The summed E-state index contributed by atoms with van der Waals surface area (Å²) >= 11 is 0. The first-order valence-corrected chi connectivity index (χ1v) is 37.7. The van der Waals surface area contributed by atoms with Crippen LogP contribution in [0.2, 0.25) is 0 Å². The first-order valence-electron chi connectivity index (χ1n) is 37.7. The largest absolute Gasteiger partial charge is 0.446 e. The Kier molecular flexibility index (Phi) is 15.3. The van der Waals surface area contributed by atoms with Gasteiger partial charge in [0, 0.05) is 35.9 Å². The highest BCUT2D eigenvalue weighted by atomic mass is 16.8. The molecule has 9 unspecified atom stereocenters. The smallest absolute Gasteiger partial charge is 0.315 e. The zero-order valence-electron chi connectivity index (χ0n) is 57.4. The van der Waals surface area contributed by atoms with E-state index in [0.29, 0.717) is 87.8 Å². The van der Waals surface area contributed by atoms with Crippen LogP contribution in [-0.4, -0.2) is 70.2 Å². The standard InChI is InChI=1S/C78H108N6O9/c1-43(2)52-25-22-46(7)34-61(52)79-70(85)82-73-28-10-16-49(17-11-29-73)76(73)88-64-37-55-56(38-65(64)89-76)58-40-67-69(93-78(91-67)51-20-14-32-75(78,33-15-21-51)84-72(87)81-63-36-48(9)24-27-54(63)45(5)6)42-60(58)59-41-68-66(39-57(55)59)90-77(92-68)50-18-12-30-74(77,31-13-19-50)83-71(86)80-62-35-47(8)23-26-53(62)44(3)4/h37-54,61-63H,10-36H2,1-9H3,(H2,79,82,85)(H2,80,83,86)(H2,81,84,87). The number of urea groups is 3. The Morgan fingerprint density at radius 1 is 0.344 bits per heavy atom. The summed E-state index contributed by atoms with van der Waals surface area (Å²) in [6, 6.07) is 13.1. The lowest BCUT2D eigenvalue weighted by atomic mass is 9.62. The van der Waals surface area contributed by atoms with Crippen LogP contribution in [0, 0.1) is 71.0 Å². The van der Waals surface area contributed by atoms with Gasteiger partial charge in [0.05, 0.1) is 0 Å². The first kappa shape index (κ1) is 62.1. The molecule has 12 aliphatic rings. The third kappa shape index (κ3) is 9.86. The highest BCUT2D eigenvalue weighted by molar-refractivity contribution is 6.27. The van der Waals surface area contributed by atoms with Crippen LogP contribution < -0.4 is 60.3 Å². The van der Waals surface area contributed by atoms with Crippen molar-refractivity contribution in [1.82, 2.24) is 31.9 Å². The van der Waals surface area contributed by atoms with E-state index >= 15 is 0 Å². The van der Waals surface area contributed by atoms with E-state index in [1.165, 1.54) is 19.3 Å². The van der Waals surface area contributed by atoms with Crippen LogP contribution in [0.3, 0.4) is 0 Å². The summed E-state index contributed by atoms with van der Waals surface area (Å²) in [6.07, 6.45) is 26.0. The van der Waals surface area contributed by atoms with Gasteiger partial charge in [0.25, 0.3) is 17.4 Å². The molecule has 6 bridgehead atoms. The Morgan fingerprint density at radius 2 is 0.559 bits per heavy atom. The number of benzene rings is 4. The van der Waals surface area contributed by atoms with Gasteiger partial charge in [-0.3, -0.25) is 0 Å². The van der Waals surface area contributed by atoms with Crippen LogP contribution in [0.25, 0.3) is 32.3 Å². The molecule has 15 nitrogen and oxygen atoms in total. The molecule has 9 saturated carbocycles. The molecule has 9 fully saturated rings. The lowest BCUT2D eigenvalue weighted by Crippen LogP contribution is -2.75. The Balaban J connectivity index is 0.796. The number of amides is 6. The molecule has 9 atom stereocenters. The minimum absolute atomic E-state index is 0.0686. The molecule has 0 radical (unpaired) electrons. The van der Waals surface area contributed by atoms with Crippen molar-refractivity contribution in [2.75, 3.05) is 0 Å². The van der Waals surface area contributed by atoms with Crippen molar-refractivity contribution in [3.63, 3.8) is 0 Å². The molecule has 6 N–H and O–H groups in total. The average Bonchev–Trinajstić information content (AvgIpc) is 1.57. The first-order chi connectivity index (χ1) is 44.7. The van der Waals surface area contributed by atoms with Gasteiger partial charge in [0.1, 0.15) is 16.6 Å². The van der Waals surface area contributed by atoms with Crippen molar-refractivity contribution in [2.24, 2.45) is 71.0 Å². The quantitative estimate of drug-likeness (QED) is 0.0890. The molecule has 9 aliphatic carbocycles. The maximum atomic E-state index is 14.8. The molecule has 3 spiro atoms. The summed E-state index contributed by atoms with van der Waals surface area (Å²) in [6.45, 7) is 20.7. The number of hydrogen-bond acceptors (Lipinski definition) is 9. The van der Waals surface area contributed by atoms with Gasteiger partial charge in [-0.2, -0.15) is 0 Å². The predicted molar refractivity (Wildman–Crippen MR) is 363 cm³/mol. The van der Waals surface area contributed by atoms with Crippen molar-refractivity contribution in [1.29, 1.82) is 0 Å². The minimum Gasteiger partial charge on any atom is -0.446 e. The number of rotatable bonds is 9. The monoisotopic (exact) mass is 1270 g/mol. The topological polar surface area (TPSA) is 179 Å². The van der Waals surface area contributed by atoms with Crippen LogP contribution in [-0.2, 0) is 0 Å². The van der Waals surface area contributed by atoms with Gasteiger partial charge in [0.2, 0.25) is 0 Å². The van der Waals surface area contributed by atoms with Gasteiger partial charge in [-0.25, -0.2) is 14.4 Å². The fourth-order valence-corrected chi connectivity index (χ4v) is 22.7. The molecule has 504 valence electrons. The van der Waals surface area contributed by atoms with Crippen molar-refractivity contribution in [3.8, 4) is 34.5 Å². The third-order valence-electron chi connectivity index (χ3n) is 27.3. The predicted octanol–water partition coefficient (Wildman–Crippen LogP) is 17.0. The van der Waals surface area contributed by atoms with Crippen LogP contribution in [0.5, 0.6) is 34.5 Å². The van der Waals surface area contributed by atoms with Crippen molar-refractivity contribution in [3.05, 3.63) is 36.4 Å². The molecular weight excluding hydrogens is 1160 g/mol. The number of carbonyl (C=O) groups is 3. The SMILES string of the molecule is CC1CCC(C(C)C)C(NC(=O)NC23CCCC(CCC2)C32Oc3cc4c5cc6c(cc5c5cc7c(cc5c4cc3O2)OC2(O7)C3CCCC2(NC(=O)NC2CC(C)CCC2C(C)C)CCC3)OC2(O6)C3CCCC2(NC(=O)NC2CC(C)CCC2C(C)C)CCC3)C1. The minimum atomic E-state index is -1.10. The maximum Gasteiger partial charge on any atom is 0.315 e. The summed E-state index contributed by atoms with van der Waals surface area (Å²) < 4.78 is 45.4. The van der Waals surface area contributed by atoms with Gasteiger partial charge in [-0.15, -0.1) is 0 Å².